The number of likely N-dealkylation sites (tertiary alicyclic amines) is 1. The van der Waals surface area contributed by atoms with Gasteiger partial charge in [0.1, 0.15) is 0 Å². The highest BCUT2D eigenvalue weighted by Crippen LogP contribution is 2.34. The van der Waals surface area contributed by atoms with Crippen LogP contribution in [0.1, 0.15) is 0 Å². The third-order valence-electron chi connectivity index (χ3n) is 5.02. The third-order valence-corrected chi connectivity index (χ3v) is 5.02. The molecule has 2 fully saturated rings. The quantitative estimate of drug-likeness (QED) is 0.849. The van der Waals surface area contributed by atoms with E-state index in [1.54, 1.807) is 7.05 Å². The zero-order valence-electron chi connectivity index (χ0n) is 12.8. The van der Waals surface area contributed by atoms with E-state index in [0.717, 1.165) is 18.8 Å². The van der Waals surface area contributed by atoms with Crippen LogP contribution in [0, 0.1) is 11.8 Å². The highest BCUT2D eigenvalue weighted by atomic mass is 16.4. The summed E-state index contributed by atoms with van der Waals surface area (Å²) in [5.41, 5.74) is 1.67. The van der Waals surface area contributed by atoms with Crippen molar-refractivity contribution in [3.05, 3.63) is 34.9 Å². The van der Waals surface area contributed by atoms with E-state index in [-0.39, 0.29) is 5.56 Å². The summed E-state index contributed by atoms with van der Waals surface area (Å²) in [6.07, 6.45) is 0.705. The van der Waals surface area contributed by atoms with Gasteiger partial charge in [0, 0.05) is 50.7 Å². The molecule has 7 heteroatoms. The number of carbonyl (C=O) groups is 1. The van der Waals surface area contributed by atoms with Gasteiger partial charge in [-0.1, -0.05) is 0 Å². The van der Waals surface area contributed by atoms with E-state index in [2.05, 4.69) is 9.88 Å². The molecule has 0 saturated carbocycles. The minimum atomic E-state index is -0.828. The molecule has 0 bridgehead atoms. The van der Waals surface area contributed by atoms with Gasteiger partial charge in [0.25, 0.3) is 5.56 Å². The monoisotopic (exact) mass is 314 g/mol. The van der Waals surface area contributed by atoms with Gasteiger partial charge < -0.3 is 19.5 Å². The average Bonchev–Trinajstić information content (AvgIpc) is 3.09. The van der Waals surface area contributed by atoms with Crippen molar-refractivity contribution in [3.8, 4) is 0 Å². The van der Waals surface area contributed by atoms with Crippen LogP contribution in [-0.2, 0) is 7.05 Å². The minimum Gasteiger partial charge on any atom is -0.465 e. The molecule has 2 saturated heterocycles. The van der Waals surface area contributed by atoms with Crippen molar-refractivity contribution in [2.75, 3.05) is 31.1 Å². The Kier molecular flexibility index (Phi) is 3.04. The Morgan fingerprint density at radius 1 is 1.22 bits per heavy atom. The molecule has 1 aromatic heterocycles. The van der Waals surface area contributed by atoms with E-state index in [0.29, 0.717) is 35.8 Å². The Morgan fingerprint density at radius 3 is 2.57 bits per heavy atom. The number of hydrogen-bond acceptors (Lipinski definition) is 4. The first kappa shape index (κ1) is 14.0. The van der Waals surface area contributed by atoms with Gasteiger partial charge in [0.2, 0.25) is 0 Å². The molecule has 4 rings (SSSR count). The molecule has 2 atom stereocenters. The summed E-state index contributed by atoms with van der Waals surface area (Å²) >= 11 is 0. The highest BCUT2D eigenvalue weighted by molar-refractivity contribution is 5.81. The fourth-order valence-corrected chi connectivity index (χ4v) is 3.76. The van der Waals surface area contributed by atoms with E-state index in [9.17, 15) is 9.59 Å². The Balaban J connectivity index is 1.61. The molecule has 0 spiro atoms. The third kappa shape index (κ3) is 2.23. The second kappa shape index (κ2) is 4.97. The van der Waals surface area contributed by atoms with Gasteiger partial charge in [0.05, 0.1) is 17.2 Å². The molecule has 2 aliphatic heterocycles. The Bertz CT molecular complexity index is 833. The molecule has 1 N–H and O–H groups in total. The molecule has 23 heavy (non-hydrogen) atoms. The molecule has 0 aliphatic carbocycles. The Morgan fingerprint density at radius 2 is 1.91 bits per heavy atom. The van der Waals surface area contributed by atoms with Crippen LogP contribution in [0.2, 0.25) is 0 Å². The fraction of sp³-hybridized carbons (Fsp3) is 0.438. The lowest BCUT2D eigenvalue weighted by Crippen LogP contribution is -2.32. The number of amides is 1. The van der Waals surface area contributed by atoms with Gasteiger partial charge in [-0.25, -0.2) is 9.78 Å². The van der Waals surface area contributed by atoms with Gasteiger partial charge in [-0.05, 0) is 18.2 Å². The Hall–Kier alpha value is -2.57. The maximum absolute atomic E-state index is 12.2. The van der Waals surface area contributed by atoms with Crippen LogP contribution in [0.5, 0.6) is 0 Å². The first-order valence-corrected chi connectivity index (χ1v) is 7.71. The van der Waals surface area contributed by atoms with E-state index in [1.165, 1.54) is 15.8 Å². The number of fused-ring (bicyclic) bond motifs is 2. The molecule has 2 aromatic rings. The topological polar surface area (TPSA) is 78.7 Å². The minimum absolute atomic E-state index is 0.0479. The SMILES string of the molecule is Cn1cnc2ccc(N3CC4CN(C(=O)O)CC4C3)cc2c1=O. The first-order chi connectivity index (χ1) is 11.0. The summed E-state index contributed by atoms with van der Waals surface area (Å²) in [5, 5.41) is 9.72. The molecule has 0 radical (unpaired) electrons. The molecule has 2 unspecified atom stereocenters. The van der Waals surface area contributed by atoms with Gasteiger partial charge >= 0.3 is 6.09 Å². The maximum atomic E-state index is 12.2. The zero-order valence-corrected chi connectivity index (χ0v) is 12.8. The predicted molar refractivity (Wildman–Crippen MR) is 85.8 cm³/mol. The van der Waals surface area contributed by atoms with Crippen molar-refractivity contribution in [3.63, 3.8) is 0 Å². The average molecular weight is 314 g/mol. The van der Waals surface area contributed by atoms with Crippen LogP contribution >= 0.6 is 0 Å². The van der Waals surface area contributed by atoms with Gasteiger partial charge in [0.15, 0.2) is 0 Å². The summed E-state index contributed by atoms with van der Waals surface area (Å²) in [5.74, 6) is 0.747. The molecule has 120 valence electrons. The highest BCUT2D eigenvalue weighted by Gasteiger charge is 2.41. The number of anilines is 1. The second-order valence-corrected chi connectivity index (χ2v) is 6.47. The van der Waals surface area contributed by atoms with Crippen LogP contribution in [-0.4, -0.2) is 51.8 Å². The van der Waals surface area contributed by atoms with E-state index < -0.39 is 6.09 Å². The maximum Gasteiger partial charge on any atom is 0.407 e. The summed E-state index contributed by atoms with van der Waals surface area (Å²) in [6.45, 7) is 2.88. The number of nitrogens with zero attached hydrogens (tertiary/aromatic N) is 4. The number of rotatable bonds is 1. The number of aromatic nitrogens is 2. The number of hydrogen-bond donors (Lipinski definition) is 1. The van der Waals surface area contributed by atoms with Crippen LogP contribution in [0.3, 0.4) is 0 Å². The molecular weight excluding hydrogens is 296 g/mol. The fourth-order valence-electron chi connectivity index (χ4n) is 3.76. The molecular formula is C16H18N4O3. The molecule has 1 amide bonds. The second-order valence-electron chi connectivity index (χ2n) is 6.47. The van der Waals surface area contributed by atoms with Crippen LogP contribution in [0.4, 0.5) is 10.5 Å². The number of carboxylic acid groups (broad SMARTS) is 1. The molecule has 7 nitrogen and oxygen atoms in total. The van der Waals surface area contributed by atoms with Crippen molar-refractivity contribution in [1.82, 2.24) is 14.5 Å². The summed E-state index contributed by atoms with van der Waals surface area (Å²) in [6, 6.07) is 5.77. The van der Waals surface area contributed by atoms with Crippen molar-refractivity contribution < 1.29 is 9.90 Å². The van der Waals surface area contributed by atoms with Crippen molar-refractivity contribution in [2.24, 2.45) is 18.9 Å². The van der Waals surface area contributed by atoms with Crippen molar-refractivity contribution >= 4 is 22.7 Å². The van der Waals surface area contributed by atoms with Crippen LogP contribution in [0.15, 0.2) is 29.3 Å². The zero-order chi connectivity index (χ0) is 16.1. The van der Waals surface area contributed by atoms with E-state index >= 15 is 0 Å². The van der Waals surface area contributed by atoms with Crippen LogP contribution < -0.4 is 10.5 Å². The lowest BCUT2D eigenvalue weighted by atomic mass is 10.0. The summed E-state index contributed by atoms with van der Waals surface area (Å²) in [4.78, 5) is 31.3. The van der Waals surface area contributed by atoms with Gasteiger partial charge in [-0.2, -0.15) is 0 Å². The summed E-state index contributed by atoms with van der Waals surface area (Å²) < 4.78 is 1.48. The smallest absolute Gasteiger partial charge is 0.407 e. The lowest BCUT2D eigenvalue weighted by molar-refractivity contribution is 0.153. The van der Waals surface area contributed by atoms with Crippen molar-refractivity contribution in [2.45, 2.75) is 0 Å². The van der Waals surface area contributed by atoms with E-state index in [1.807, 2.05) is 18.2 Å². The first-order valence-electron chi connectivity index (χ1n) is 7.71. The Labute approximate surface area is 132 Å². The van der Waals surface area contributed by atoms with Gasteiger partial charge in [-0.15, -0.1) is 0 Å². The summed E-state index contributed by atoms with van der Waals surface area (Å²) in [7, 11) is 1.70. The predicted octanol–water partition coefficient (Wildman–Crippen LogP) is 0.980. The van der Waals surface area contributed by atoms with Crippen LogP contribution in [0.25, 0.3) is 10.9 Å². The molecule has 2 aliphatic rings. The van der Waals surface area contributed by atoms with Crippen molar-refractivity contribution in [1.29, 1.82) is 0 Å². The standard InChI is InChI=1S/C16H18N4O3/c1-18-9-17-14-3-2-12(4-13(14)15(18)21)19-5-10-7-20(16(22)23)8-11(10)6-19/h2-4,9-11H,5-8H2,1H3,(H,22,23). The normalized spacial score (nSPS) is 23.5. The van der Waals surface area contributed by atoms with Gasteiger partial charge in [-0.3, -0.25) is 4.79 Å². The molecule has 3 heterocycles. The number of aryl methyl sites for hydroxylation is 1. The number of benzene rings is 1. The largest absolute Gasteiger partial charge is 0.465 e. The lowest BCUT2D eigenvalue weighted by Gasteiger charge is -2.22. The van der Waals surface area contributed by atoms with E-state index in [4.69, 9.17) is 5.11 Å². The molecule has 1 aromatic carbocycles.